The molecule has 13 heavy (non-hydrogen) atoms. The molecule has 0 saturated heterocycles. The maximum absolute atomic E-state index is 5.07. The first-order valence-corrected chi connectivity index (χ1v) is 6.19. The number of rotatable bonds is 0. The molecule has 0 aromatic rings. The third-order valence-corrected chi connectivity index (χ3v) is 5.07. The van der Waals surface area contributed by atoms with Crippen LogP contribution in [0.1, 0.15) is 0 Å². The molecule has 0 heterocycles. The first-order valence-electron chi connectivity index (χ1n) is 3.22. The van der Waals surface area contributed by atoms with Crippen molar-refractivity contribution in [3.63, 3.8) is 0 Å². The van der Waals surface area contributed by atoms with E-state index in [-0.39, 0.29) is 27.3 Å². The molecule has 0 aromatic carbocycles. The summed E-state index contributed by atoms with van der Waals surface area (Å²) < 4.78 is 1.67. The molecule has 0 atom stereocenters. The summed E-state index contributed by atoms with van der Waals surface area (Å²) in [6, 6.07) is 0. The summed E-state index contributed by atoms with van der Waals surface area (Å²) in [5, 5.41) is 0. The Morgan fingerprint density at radius 2 is 1.08 bits per heavy atom. The van der Waals surface area contributed by atoms with Crippen molar-refractivity contribution < 1.29 is 0 Å². The summed E-state index contributed by atoms with van der Waals surface area (Å²) in [5.74, 6) is 0. The molecule has 0 amide bonds. The Labute approximate surface area is 119 Å². The van der Waals surface area contributed by atoms with Crippen molar-refractivity contribution in [2.24, 2.45) is 0 Å². The summed E-state index contributed by atoms with van der Waals surface area (Å²) in [5.41, 5.74) is 0. The Hall–Kier alpha value is 1.40. The van der Waals surface area contributed by atoms with Crippen LogP contribution < -0.4 is 0 Å². The van der Waals surface area contributed by atoms with Crippen LogP contribution in [0.15, 0.2) is 0 Å². The van der Waals surface area contributed by atoms with E-state index in [0.717, 1.165) is 8.64 Å². The molecule has 0 aliphatic carbocycles. The van der Waals surface area contributed by atoms with Gasteiger partial charge in [-0.05, 0) is 21.6 Å². The largest absolute Gasteiger partial charge is 0.363 e. The van der Waals surface area contributed by atoms with Gasteiger partial charge in [0.1, 0.15) is 8.64 Å². The fraction of sp³-hybridized carbons (Fsp3) is 0.667. The SMILES string of the molecule is CN(C)C(=S)SSC(=S)N(C)C.[Pb]. The van der Waals surface area contributed by atoms with E-state index in [1.165, 1.54) is 21.6 Å². The smallest absolute Gasteiger partial charge is 0.146 e. The Kier molecular flexibility index (Phi) is 11.2. The standard InChI is InChI=1S/C6H12N2S4.Pb/c1-7(2)5(9)11-12-6(10)8(3)4;/h1-4H3;. The second-order valence-corrected chi connectivity index (χ2v) is 5.88. The molecule has 0 aliphatic heterocycles. The molecule has 0 saturated carbocycles. The maximum atomic E-state index is 5.07. The molecule has 0 rings (SSSR count). The Balaban J connectivity index is 0. The molecule has 2 nitrogen and oxygen atoms in total. The average molecular weight is 448 g/mol. The van der Waals surface area contributed by atoms with E-state index in [4.69, 9.17) is 24.4 Å². The van der Waals surface area contributed by atoms with Crippen LogP contribution in [0.2, 0.25) is 0 Å². The fourth-order valence-electron chi connectivity index (χ4n) is 0.220. The van der Waals surface area contributed by atoms with E-state index in [9.17, 15) is 0 Å². The van der Waals surface area contributed by atoms with Crippen molar-refractivity contribution in [3.05, 3.63) is 0 Å². The van der Waals surface area contributed by atoms with Gasteiger partial charge in [-0.15, -0.1) is 0 Å². The zero-order chi connectivity index (χ0) is 9.72. The van der Waals surface area contributed by atoms with E-state index in [1.807, 2.05) is 38.0 Å². The fourth-order valence-corrected chi connectivity index (χ4v) is 2.60. The van der Waals surface area contributed by atoms with Crippen LogP contribution in [-0.2, 0) is 0 Å². The Morgan fingerprint density at radius 3 is 1.23 bits per heavy atom. The van der Waals surface area contributed by atoms with Gasteiger partial charge in [0.05, 0.1) is 0 Å². The third-order valence-electron chi connectivity index (χ3n) is 0.915. The topological polar surface area (TPSA) is 6.48 Å². The number of nitrogens with zero attached hydrogens (tertiary/aromatic N) is 2. The van der Waals surface area contributed by atoms with Gasteiger partial charge < -0.3 is 9.80 Å². The van der Waals surface area contributed by atoms with Gasteiger partial charge in [-0.1, -0.05) is 24.4 Å². The van der Waals surface area contributed by atoms with Gasteiger partial charge in [-0.3, -0.25) is 0 Å². The predicted octanol–water partition coefficient (Wildman–Crippen LogP) is 1.68. The van der Waals surface area contributed by atoms with Crippen molar-refractivity contribution in [2.75, 3.05) is 28.2 Å². The maximum Gasteiger partial charge on any atom is 0.146 e. The molecule has 0 fully saturated rings. The molecule has 0 aliphatic rings. The van der Waals surface area contributed by atoms with Crippen molar-refractivity contribution >= 4 is 82.0 Å². The molecule has 4 radical (unpaired) electrons. The first kappa shape index (κ1) is 16.8. The molecule has 0 bridgehead atoms. The second-order valence-electron chi connectivity index (χ2n) is 2.49. The van der Waals surface area contributed by atoms with Crippen LogP contribution in [0.3, 0.4) is 0 Å². The number of thiocarbonyl (C=S) groups is 2. The van der Waals surface area contributed by atoms with E-state index in [1.54, 1.807) is 0 Å². The van der Waals surface area contributed by atoms with E-state index in [0.29, 0.717) is 0 Å². The van der Waals surface area contributed by atoms with Crippen LogP contribution in [0, 0.1) is 0 Å². The van der Waals surface area contributed by atoms with Crippen molar-refractivity contribution in [1.82, 2.24) is 9.80 Å². The van der Waals surface area contributed by atoms with Crippen LogP contribution in [0.4, 0.5) is 0 Å². The van der Waals surface area contributed by atoms with Crippen LogP contribution >= 0.6 is 46.0 Å². The summed E-state index contributed by atoms with van der Waals surface area (Å²) >= 11 is 10.1. The van der Waals surface area contributed by atoms with Gasteiger partial charge in [0.15, 0.2) is 0 Å². The molecule has 0 spiro atoms. The van der Waals surface area contributed by atoms with Gasteiger partial charge in [-0.2, -0.15) is 0 Å². The summed E-state index contributed by atoms with van der Waals surface area (Å²) in [6.07, 6.45) is 0. The predicted molar refractivity (Wildman–Crippen MR) is 73.5 cm³/mol. The molecular weight excluding hydrogens is 436 g/mol. The molecule has 0 aromatic heterocycles. The average Bonchev–Trinajstić information content (AvgIpc) is 1.98. The minimum Gasteiger partial charge on any atom is -0.363 e. The molecule has 74 valence electrons. The summed E-state index contributed by atoms with van der Waals surface area (Å²) in [4.78, 5) is 3.79. The Morgan fingerprint density at radius 1 is 0.846 bits per heavy atom. The normalized spacial score (nSPS) is 8.62. The Bertz CT molecular complexity index is 163. The molecule has 0 unspecified atom stereocenters. The van der Waals surface area contributed by atoms with Gasteiger partial charge in [0.25, 0.3) is 0 Å². The number of hydrogen-bond donors (Lipinski definition) is 0. The quantitative estimate of drug-likeness (QED) is 0.314. The van der Waals surface area contributed by atoms with E-state index < -0.39 is 0 Å². The van der Waals surface area contributed by atoms with Crippen LogP contribution in [0.5, 0.6) is 0 Å². The monoisotopic (exact) mass is 448 g/mol. The van der Waals surface area contributed by atoms with E-state index in [2.05, 4.69) is 0 Å². The zero-order valence-electron chi connectivity index (χ0n) is 8.03. The number of hydrogen-bond acceptors (Lipinski definition) is 4. The van der Waals surface area contributed by atoms with Crippen LogP contribution in [-0.4, -0.2) is 73.9 Å². The van der Waals surface area contributed by atoms with Gasteiger partial charge in [0.2, 0.25) is 0 Å². The molecular formula is C6H12N2PbS4. The second kappa shape index (κ2) is 8.69. The van der Waals surface area contributed by atoms with Gasteiger partial charge in [0, 0.05) is 55.5 Å². The van der Waals surface area contributed by atoms with Gasteiger partial charge >= 0.3 is 0 Å². The van der Waals surface area contributed by atoms with E-state index >= 15 is 0 Å². The third kappa shape index (κ3) is 8.40. The van der Waals surface area contributed by atoms with Crippen molar-refractivity contribution in [3.8, 4) is 0 Å². The molecule has 7 heteroatoms. The van der Waals surface area contributed by atoms with Crippen molar-refractivity contribution in [1.29, 1.82) is 0 Å². The van der Waals surface area contributed by atoms with Crippen molar-refractivity contribution in [2.45, 2.75) is 0 Å². The minimum absolute atomic E-state index is 0. The summed E-state index contributed by atoms with van der Waals surface area (Å²) in [6.45, 7) is 0. The van der Waals surface area contributed by atoms with Crippen LogP contribution in [0.25, 0.3) is 0 Å². The van der Waals surface area contributed by atoms with Gasteiger partial charge in [-0.25, -0.2) is 0 Å². The summed E-state index contributed by atoms with van der Waals surface area (Å²) in [7, 11) is 10.7. The molecule has 0 N–H and O–H groups in total. The first-order chi connectivity index (χ1) is 5.45. The zero-order valence-corrected chi connectivity index (χ0v) is 15.2. The minimum atomic E-state index is 0.